The molecular weight excluding hydrogens is 488 g/mol. The van der Waals surface area contributed by atoms with Gasteiger partial charge < -0.3 is 25.9 Å². The Labute approximate surface area is 224 Å². The van der Waals surface area contributed by atoms with Crippen LogP contribution in [0.15, 0.2) is 4.79 Å². The van der Waals surface area contributed by atoms with Crippen molar-refractivity contribution >= 4 is 29.1 Å². The van der Waals surface area contributed by atoms with Crippen LogP contribution in [-0.2, 0) is 25.5 Å². The summed E-state index contributed by atoms with van der Waals surface area (Å²) in [6.45, 7) is 6.20. The third kappa shape index (κ3) is 11.2. The van der Waals surface area contributed by atoms with Crippen molar-refractivity contribution in [2.24, 2.45) is 17.6 Å². The topological polar surface area (TPSA) is 179 Å². The van der Waals surface area contributed by atoms with Gasteiger partial charge in [-0.05, 0) is 18.8 Å². The first kappa shape index (κ1) is 31.3. The van der Waals surface area contributed by atoms with Gasteiger partial charge in [-0.1, -0.05) is 72.1 Å². The van der Waals surface area contributed by atoms with Gasteiger partial charge >= 0.3 is 11.9 Å². The van der Waals surface area contributed by atoms with Crippen molar-refractivity contribution in [1.29, 1.82) is 0 Å². The molecule has 38 heavy (non-hydrogen) atoms. The number of rotatable bonds is 19. The highest BCUT2D eigenvalue weighted by molar-refractivity contribution is 5.75. The number of carbonyl (C=O) groups is 2. The van der Waals surface area contributed by atoms with Gasteiger partial charge in [-0.15, -0.1) is 0 Å². The van der Waals surface area contributed by atoms with Gasteiger partial charge in [0, 0.05) is 18.8 Å². The summed E-state index contributed by atoms with van der Waals surface area (Å²) < 4.78 is 10.9. The van der Waals surface area contributed by atoms with Gasteiger partial charge in [0.05, 0.1) is 13.2 Å². The van der Waals surface area contributed by atoms with E-state index in [1.54, 1.807) is 0 Å². The van der Waals surface area contributed by atoms with Crippen LogP contribution in [0.2, 0.25) is 0 Å². The number of nitrogen functional groups attached to an aromatic ring is 1. The van der Waals surface area contributed by atoms with Crippen LogP contribution < -0.4 is 17.0 Å². The molecule has 2 aromatic rings. The molecule has 0 bridgehead atoms. The van der Waals surface area contributed by atoms with Gasteiger partial charge in [0.25, 0.3) is 5.56 Å². The number of unbranched alkanes of at least 4 members (excludes halogenated alkanes) is 8. The third-order valence-corrected chi connectivity index (χ3v) is 6.64. The summed E-state index contributed by atoms with van der Waals surface area (Å²) in [5, 5.41) is 0. The number of anilines is 1. The highest BCUT2D eigenvalue weighted by atomic mass is 16.5. The molecule has 0 aliphatic carbocycles. The minimum atomic E-state index is -0.693. The molecule has 0 aliphatic rings. The summed E-state index contributed by atoms with van der Waals surface area (Å²) in [6, 6.07) is -0.693. The summed E-state index contributed by atoms with van der Waals surface area (Å²) in [6.07, 6.45) is 11.8. The van der Waals surface area contributed by atoms with E-state index in [2.05, 4.69) is 26.9 Å². The van der Waals surface area contributed by atoms with E-state index in [0.29, 0.717) is 25.1 Å². The average Bonchev–Trinajstić information content (AvgIpc) is 3.28. The van der Waals surface area contributed by atoms with Gasteiger partial charge in [-0.2, -0.15) is 4.98 Å². The smallest absolute Gasteiger partial charge is 0.323 e. The number of aromatic nitrogens is 4. The number of imidazole rings is 1. The van der Waals surface area contributed by atoms with Crippen molar-refractivity contribution in [3.63, 3.8) is 0 Å². The van der Waals surface area contributed by atoms with Gasteiger partial charge in [-0.25, -0.2) is 4.98 Å². The molecule has 0 fully saturated rings. The summed E-state index contributed by atoms with van der Waals surface area (Å²) in [5.41, 5.74) is 11.5. The molecule has 2 heterocycles. The highest BCUT2D eigenvalue weighted by Crippen LogP contribution is 2.16. The molecule has 0 saturated carbocycles. The fourth-order valence-corrected chi connectivity index (χ4v) is 4.14. The Morgan fingerprint density at radius 3 is 2.26 bits per heavy atom. The first-order valence-corrected chi connectivity index (χ1v) is 14.0. The lowest BCUT2D eigenvalue weighted by Crippen LogP contribution is -2.37. The Morgan fingerprint density at radius 2 is 1.61 bits per heavy atom. The van der Waals surface area contributed by atoms with E-state index in [1.165, 1.54) is 38.5 Å². The van der Waals surface area contributed by atoms with Crippen LogP contribution in [0.5, 0.6) is 0 Å². The zero-order valence-electron chi connectivity index (χ0n) is 23.2. The molecular formula is C27H46N6O5. The van der Waals surface area contributed by atoms with Crippen LogP contribution in [0.4, 0.5) is 5.95 Å². The number of aromatic amines is 2. The molecule has 0 spiro atoms. The predicted molar refractivity (Wildman–Crippen MR) is 147 cm³/mol. The molecule has 11 heteroatoms. The molecule has 0 aromatic carbocycles. The predicted octanol–water partition coefficient (Wildman–Crippen LogP) is 3.77. The minimum Gasteiger partial charge on any atom is -0.465 e. The molecule has 214 valence electrons. The largest absolute Gasteiger partial charge is 0.465 e. The zero-order chi connectivity index (χ0) is 27.9. The van der Waals surface area contributed by atoms with Crippen LogP contribution in [0.1, 0.15) is 97.2 Å². The molecule has 6 N–H and O–H groups in total. The van der Waals surface area contributed by atoms with E-state index >= 15 is 0 Å². The van der Waals surface area contributed by atoms with Crippen molar-refractivity contribution in [1.82, 2.24) is 19.9 Å². The number of hydrogen-bond donors (Lipinski definition) is 4. The maximum atomic E-state index is 12.4. The number of nitrogens with zero attached hydrogens (tertiary/aromatic N) is 2. The first-order chi connectivity index (χ1) is 18.2. The lowest BCUT2D eigenvalue weighted by Gasteiger charge is -2.18. The van der Waals surface area contributed by atoms with Crippen molar-refractivity contribution in [3.8, 4) is 0 Å². The number of nitrogens with two attached hydrogens (primary N) is 2. The van der Waals surface area contributed by atoms with E-state index < -0.39 is 17.6 Å². The van der Waals surface area contributed by atoms with Gasteiger partial charge in [0.15, 0.2) is 11.2 Å². The SMILES string of the molecule is CCCCCCCCCCCC(=O)OCC(CCOC(=O)[C@@H](N)C(C)C)Cc1nc2nc(N)[nH]c(=O)c2[nH]1. The Kier molecular flexibility index (Phi) is 13.8. The summed E-state index contributed by atoms with van der Waals surface area (Å²) >= 11 is 0. The molecule has 0 aliphatic heterocycles. The lowest BCUT2D eigenvalue weighted by molar-refractivity contribution is -0.149. The number of hydrogen-bond acceptors (Lipinski definition) is 9. The molecule has 11 nitrogen and oxygen atoms in total. The fourth-order valence-electron chi connectivity index (χ4n) is 4.14. The second-order valence-corrected chi connectivity index (χ2v) is 10.4. The average molecular weight is 535 g/mol. The maximum Gasteiger partial charge on any atom is 0.323 e. The normalized spacial score (nSPS) is 13.1. The molecule has 0 radical (unpaired) electrons. The van der Waals surface area contributed by atoms with Crippen molar-refractivity contribution in [2.75, 3.05) is 18.9 Å². The lowest BCUT2D eigenvalue weighted by atomic mass is 10.0. The Balaban J connectivity index is 1.85. The van der Waals surface area contributed by atoms with E-state index in [4.69, 9.17) is 20.9 Å². The van der Waals surface area contributed by atoms with E-state index in [-0.39, 0.29) is 48.1 Å². The maximum absolute atomic E-state index is 12.4. The number of esters is 2. The second kappa shape index (κ2) is 16.8. The number of fused-ring (bicyclic) bond motifs is 1. The molecule has 1 unspecified atom stereocenters. The third-order valence-electron chi connectivity index (χ3n) is 6.64. The molecule has 2 atom stereocenters. The molecule has 0 saturated heterocycles. The Bertz CT molecular complexity index is 1050. The molecule has 0 amide bonds. The fraction of sp³-hybridized carbons (Fsp3) is 0.741. The standard InChI is InChI=1S/C27H46N6O5/c1-4-5-6-7-8-9-10-11-12-13-21(34)38-17-19(14-15-37-26(36)22(28)18(2)3)16-20-30-23-24(31-20)32-27(29)33-25(23)35/h18-19,22H,4-17,28H2,1-3H3,(H4,29,30,31,32,33,35)/t19?,22-/m0/s1. The number of ether oxygens (including phenoxy) is 2. The van der Waals surface area contributed by atoms with Crippen LogP contribution in [0.25, 0.3) is 11.2 Å². The van der Waals surface area contributed by atoms with Crippen molar-refractivity contribution in [3.05, 3.63) is 16.2 Å². The quantitative estimate of drug-likeness (QED) is 0.154. The van der Waals surface area contributed by atoms with Gasteiger partial charge in [-0.3, -0.25) is 19.4 Å². The Morgan fingerprint density at radius 1 is 0.947 bits per heavy atom. The number of H-pyrrole nitrogens is 2. The number of nitrogens with one attached hydrogen (secondary N) is 2. The number of carbonyl (C=O) groups excluding carboxylic acids is 2. The van der Waals surface area contributed by atoms with E-state index in [9.17, 15) is 14.4 Å². The highest BCUT2D eigenvalue weighted by Gasteiger charge is 2.21. The molecule has 2 aromatic heterocycles. The first-order valence-electron chi connectivity index (χ1n) is 14.0. The monoisotopic (exact) mass is 534 g/mol. The summed E-state index contributed by atoms with van der Waals surface area (Å²) in [5.74, 6) is -0.441. The zero-order valence-corrected chi connectivity index (χ0v) is 23.2. The van der Waals surface area contributed by atoms with Crippen molar-refractivity contribution < 1.29 is 19.1 Å². The van der Waals surface area contributed by atoms with Gasteiger partial charge in [0.2, 0.25) is 5.95 Å². The van der Waals surface area contributed by atoms with E-state index in [1.807, 2.05) is 13.8 Å². The van der Waals surface area contributed by atoms with E-state index in [0.717, 1.165) is 19.3 Å². The van der Waals surface area contributed by atoms with Gasteiger partial charge in [0.1, 0.15) is 11.9 Å². The van der Waals surface area contributed by atoms with Crippen molar-refractivity contribution in [2.45, 2.75) is 104 Å². The van der Waals surface area contributed by atoms with Crippen LogP contribution in [0.3, 0.4) is 0 Å². The summed E-state index contributed by atoms with van der Waals surface area (Å²) in [4.78, 5) is 50.4. The van der Waals surface area contributed by atoms with Crippen LogP contribution in [-0.4, -0.2) is 51.1 Å². The van der Waals surface area contributed by atoms with Crippen LogP contribution >= 0.6 is 0 Å². The second-order valence-electron chi connectivity index (χ2n) is 10.4. The minimum absolute atomic E-state index is 0.0177. The summed E-state index contributed by atoms with van der Waals surface area (Å²) in [7, 11) is 0. The molecule has 2 rings (SSSR count). The Hall–Kier alpha value is -2.95. The van der Waals surface area contributed by atoms with Crippen LogP contribution in [0, 0.1) is 11.8 Å².